The fourth-order valence-electron chi connectivity index (χ4n) is 3.44. The van der Waals surface area contributed by atoms with Gasteiger partial charge in [-0.15, -0.1) is 21.5 Å². The maximum atomic E-state index is 12.3. The molecule has 0 radical (unpaired) electrons. The number of rotatable bonds is 4. The summed E-state index contributed by atoms with van der Waals surface area (Å²) in [6.45, 7) is 0.567. The number of carbonyl (C=O) groups is 2. The van der Waals surface area contributed by atoms with Crippen molar-refractivity contribution < 1.29 is 9.59 Å². The monoisotopic (exact) mass is 391 g/mol. The van der Waals surface area contributed by atoms with Crippen LogP contribution in [0.25, 0.3) is 0 Å². The van der Waals surface area contributed by atoms with Crippen molar-refractivity contribution in [2.45, 2.75) is 32.2 Å². The molecular weight excluding hydrogens is 370 g/mol. The van der Waals surface area contributed by atoms with E-state index < -0.39 is 0 Å². The van der Waals surface area contributed by atoms with Gasteiger partial charge in [-0.1, -0.05) is 49.6 Å². The molecule has 1 amide bonds. The van der Waals surface area contributed by atoms with Crippen molar-refractivity contribution in [3.8, 4) is 0 Å². The third kappa shape index (κ3) is 4.02. The van der Waals surface area contributed by atoms with Crippen LogP contribution in [0.15, 0.2) is 54.0 Å². The van der Waals surface area contributed by atoms with E-state index in [1.54, 1.807) is 28.4 Å². The lowest BCUT2D eigenvalue weighted by molar-refractivity contribution is 0.0996. The van der Waals surface area contributed by atoms with E-state index in [0.717, 1.165) is 23.5 Å². The Kier molecular flexibility index (Phi) is 5.58. The van der Waals surface area contributed by atoms with Crippen molar-refractivity contribution in [2.24, 2.45) is 5.92 Å². The molecule has 1 aromatic heterocycles. The number of fused-ring (bicyclic) bond motifs is 1. The standard InChI is InChI=1S/C15H11NO2.C7H10N2S/c17-10-11-6-7-12-9-16(15(18)14(12)8-11)13-4-2-1-3-5-13;1-2-6(3-1)4-7-9-8-5-10-7/h1-8,10H,9H2;5-6H,1-4H2. The molecule has 28 heavy (non-hydrogen) atoms. The van der Waals surface area contributed by atoms with Crippen molar-refractivity contribution in [1.82, 2.24) is 10.2 Å². The van der Waals surface area contributed by atoms with Gasteiger partial charge in [0, 0.05) is 23.2 Å². The molecule has 1 fully saturated rings. The van der Waals surface area contributed by atoms with Crippen molar-refractivity contribution in [2.75, 3.05) is 4.90 Å². The highest BCUT2D eigenvalue weighted by atomic mass is 32.1. The number of aromatic nitrogens is 2. The molecule has 0 bridgehead atoms. The Morgan fingerprint density at radius 2 is 1.96 bits per heavy atom. The zero-order valence-electron chi connectivity index (χ0n) is 15.5. The van der Waals surface area contributed by atoms with E-state index in [1.807, 2.05) is 41.9 Å². The Morgan fingerprint density at radius 3 is 2.61 bits per heavy atom. The predicted molar refractivity (Wildman–Crippen MR) is 110 cm³/mol. The molecular formula is C22H21N3O2S. The molecule has 1 aliphatic carbocycles. The summed E-state index contributed by atoms with van der Waals surface area (Å²) in [6.07, 6.45) is 6.16. The zero-order valence-corrected chi connectivity index (χ0v) is 16.3. The second-order valence-corrected chi connectivity index (χ2v) is 8.01. The van der Waals surface area contributed by atoms with E-state index in [0.29, 0.717) is 17.7 Å². The molecule has 0 unspecified atom stereocenters. The number of hydrogen-bond acceptors (Lipinski definition) is 5. The lowest BCUT2D eigenvalue weighted by Crippen LogP contribution is -2.22. The Hall–Kier alpha value is -2.86. The first-order valence-electron chi connectivity index (χ1n) is 9.44. The first kappa shape index (κ1) is 18.5. The van der Waals surface area contributed by atoms with E-state index in [4.69, 9.17) is 0 Å². The molecule has 1 aliphatic heterocycles. The third-order valence-electron chi connectivity index (χ3n) is 5.24. The van der Waals surface area contributed by atoms with E-state index >= 15 is 0 Å². The summed E-state index contributed by atoms with van der Waals surface area (Å²) in [5.74, 6) is 0.882. The van der Waals surface area contributed by atoms with Gasteiger partial charge in [0.25, 0.3) is 5.91 Å². The van der Waals surface area contributed by atoms with Gasteiger partial charge in [0.1, 0.15) is 16.8 Å². The molecule has 3 aromatic rings. The molecule has 2 aliphatic rings. The second kappa shape index (κ2) is 8.44. The SMILES string of the molecule is O=Cc1ccc2c(c1)C(=O)N(c1ccccc1)C2.c1nnc(CC2CCC2)s1. The number of aldehydes is 1. The van der Waals surface area contributed by atoms with Gasteiger partial charge < -0.3 is 4.90 Å². The molecule has 0 N–H and O–H groups in total. The van der Waals surface area contributed by atoms with Gasteiger partial charge in [0.15, 0.2) is 0 Å². The van der Waals surface area contributed by atoms with Crippen LogP contribution in [0, 0.1) is 5.92 Å². The molecule has 2 heterocycles. The first-order chi connectivity index (χ1) is 13.7. The summed E-state index contributed by atoms with van der Waals surface area (Å²) in [6, 6.07) is 14.8. The van der Waals surface area contributed by atoms with Crippen LogP contribution < -0.4 is 4.90 Å². The minimum absolute atomic E-state index is 0.0418. The quantitative estimate of drug-likeness (QED) is 0.613. The van der Waals surface area contributed by atoms with Gasteiger partial charge in [-0.2, -0.15) is 0 Å². The Bertz CT molecular complexity index is 953. The van der Waals surface area contributed by atoms with Crippen LogP contribution in [0.5, 0.6) is 0 Å². The number of nitrogens with zero attached hydrogens (tertiary/aromatic N) is 3. The Morgan fingerprint density at radius 1 is 1.14 bits per heavy atom. The number of benzene rings is 2. The van der Waals surface area contributed by atoms with Gasteiger partial charge >= 0.3 is 0 Å². The van der Waals surface area contributed by atoms with Gasteiger partial charge in [-0.3, -0.25) is 9.59 Å². The summed E-state index contributed by atoms with van der Waals surface area (Å²) in [4.78, 5) is 24.7. The number of anilines is 1. The summed E-state index contributed by atoms with van der Waals surface area (Å²) in [5, 5.41) is 9.02. The van der Waals surface area contributed by atoms with Crippen LogP contribution in [0.3, 0.4) is 0 Å². The smallest absolute Gasteiger partial charge is 0.258 e. The van der Waals surface area contributed by atoms with E-state index in [9.17, 15) is 9.59 Å². The molecule has 1 saturated carbocycles. The topological polar surface area (TPSA) is 63.2 Å². The van der Waals surface area contributed by atoms with Crippen LogP contribution in [0.1, 0.15) is 50.5 Å². The molecule has 2 aromatic carbocycles. The average molecular weight is 391 g/mol. The lowest BCUT2D eigenvalue weighted by atomic mass is 9.83. The van der Waals surface area contributed by atoms with Crippen LogP contribution in [-0.4, -0.2) is 22.4 Å². The molecule has 5 nitrogen and oxygen atoms in total. The highest BCUT2D eigenvalue weighted by molar-refractivity contribution is 7.09. The largest absolute Gasteiger partial charge is 0.304 e. The average Bonchev–Trinajstić information content (AvgIpc) is 3.34. The Labute approximate surface area is 168 Å². The van der Waals surface area contributed by atoms with Crippen LogP contribution in [-0.2, 0) is 13.0 Å². The van der Waals surface area contributed by atoms with E-state index in [-0.39, 0.29) is 5.91 Å². The number of para-hydroxylation sites is 1. The lowest BCUT2D eigenvalue weighted by Gasteiger charge is -2.23. The molecule has 6 heteroatoms. The Balaban J connectivity index is 0.000000162. The molecule has 0 spiro atoms. The van der Waals surface area contributed by atoms with Crippen LogP contribution in [0.4, 0.5) is 5.69 Å². The summed E-state index contributed by atoms with van der Waals surface area (Å²) in [5.41, 5.74) is 4.83. The minimum Gasteiger partial charge on any atom is -0.304 e. The zero-order chi connectivity index (χ0) is 19.3. The molecule has 0 saturated heterocycles. The number of amides is 1. The normalized spacial score (nSPS) is 15.4. The summed E-state index contributed by atoms with van der Waals surface area (Å²) < 4.78 is 0. The third-order valence-corrected chi connectivity index (χ3v) is 5.96. The first-order valence-corrected chi connectivity index (χ1v) is 10.3. The second-order valence-electron chi connectivity index (χ2n) is 7.09. The van der Waals surface area contributed by atoms with Crippen molar-refractivity contribution in [3.05, 3.63) is 75.7 Å². The van der Waals surface area contributed by atoms with Crippen LogP contribution in [0.2, 0.25) is 0 Å². The highest BCUT2D eigenvalue weighted by Crippen LogP contribution is 2.30. The summed E-state index contributed by atoms with van der Waals surface area (Å²) in [7, 11) is 0. The van der Waals surface area contributed by atoms with Crippen molar-refractivity contribution >= 4 is 29.2 Å². The predicted octanol–water partition coefficient (Wildman–Crippen LogP) is 4.54. The van der Waals surface area contributed by atoms with Gasteiger partial charge in [-0.25, -0.2) is 0 Å². The fraction of sp³-hybridized carbons (Fsp3) is 0.273. The number of carbonyl (C=O) groups excluding carboxylic acids is 2. The van der Waals surface area contributed by atoms with Gasteiger partial charge in [0.2, 0.25) is 0 Å². The molecule has 0 atom stereocenters. The maximum Gasteiger partial charge on any atom is 0.258 e. The van der Waals surface area contributed by atoms with Crippen LogP contribution >= 0.6 is 11.3 Å². The highest BCUT2D eigenvalue weighted by Gasteiger charge is 2.28. The fourth-order valence-corrected chi connectivity index (χ4v) is 4.08. The van der Waals surface area contributed by atoms with Gasteiger partial charge in [0.05, 0.1) is 6.54 Å². The molecule has 142 valence electrons. The summed E-state index contributed by atoms with van der Waals surface area (Å²) >= 11 is 1.68. The number of hydrogen-bond donors (Lipinski definition) is 0. The minimum atomic E-state index is -0.0418. The van der Waals surface area contributed by atoms with Crippen molar-refractivity contribution in [1.29, 1.82) is 0 Å². The van der Waals surface area contributed by atoms with E-state index in [1.165, 1.54) is 30.7 Å². The van der Waals surface area contributed by atoms with E-state index in [2.05, 4.69) is 10.2 Å². The van der Waals surface area contributed by atoms with Gasteiger partial charge in [-0.05, 0) is 29.7 Å². The molecule has 5 rings (SSSR count). The maximum absolute atomic E-state index is 12.3. The van der Waals surface area contributed by atoms with Crippen molar-refractivity contribution in [3.63, 3.8) is 0 Å².